The maximum absolute atomic E-state index is 14.6. The Bertz CT molecular complexity index is 830. The minimum absolute atomic E-state index is 0. The van der Waals surface area contributed by atoms with Crippen molar-refractivity contribution in [1.29, 1.82) is 0 Å². The van der Waals surface area contributed by atoms with Crippen LogP contribution in [0.25, 0.3) is 0 Å². The van der Waals surface area contributed by atoms with Crippen molar-refractivity contribution in [2.24, 2.45) is 0 Å². The number of hydrogen-bond acceptors (Lipinski definition) is 2. The summed E-state index contributed by atoms with van der Waals surface area (Å²) in [6.07, 6.45) is 4.07. The first kappa shape index (κ1) is 17.7. The Labute approximate surface area is 153 Å². The molecule has 1 saturated carbocycles. The molecule has 3 nitrogen and oxygen atoms in total. The lowest BCUT2D eigenvalue weighted by molar-refractivity contribution is 0.0984. The van der Waals surface area contributed by atoms with E-state index in [9.17, 15) is 9.18 Å². The van der Waals surface area contributed by atoms with Crippen molar-refractivity contribution in [3.63, 3.8) is 0 Å². The molecular weight excluding hydrogens is 339 g/mol. The zero-order chi connectivity index (χ0) is 16.9. The second-order valence-corrected chi connectivity index (χ2v) is 7.09. The minimum Gasteiger partial charge on any atom is -0.399 e. The van der Waals surface area contributed by atoms with Crippen molar-refractivity contribution in [3.8, 4) is 0 Å². The molecular formula is C20H22ClFN2O. The van der Waals surface area contributed by atoms with Gasteiger partial charge in [0.2, 0.25) is 0 Å². The normalized spacial score (nSPS) is 17.4. The fraction of sp³-hybridized carbons (Fsp3) is 0.350. The maximum atomic E-state index is 14.6. The number of halogens is 2. The van der Waals surface area contributed by atoms with Gasteiger partial charge in [-0.2, -0.15) is 0 Å². The molecule has 0 atom stereocenters. The van der Waals surface area contributed by atoms with Gasteiger partial charge in [-0.1, -0.05) is 25.0 Å². The molecule has 0 aromatic heterocycles. The van der Waals surface area contributed by atoms with Crippen LogP contribution in [0.3, 0.4) is 0 Å². The largest absolute Gasteiger partial charge is 0.399 e. The van der Waals surface area contributed by atoms with Crippen molar-refractivity contribution >= 4 is 29.7 Å². The zero-order valence-electron chi connectivity index (χ0n) is 14.2. The van der Waals surface area contributed by atoms with Gasteiger partial charge in [-0.25, -0.2) is 4.39 Å². The van der Waals surface area contributed by atoms with Crippen LogP contribution in [0.4, 0.5) is 15.8 Å². The van der Waals surface area contributed by atoms with Crippen molar-refractivity contribution < 1.29 is 9.18 Å². The second-order valence-electron chi connectivity index (χ2n) is 7.09. The average molecular weight is 361 g/mol. The van der Waals surface area contributed by atoms with Gasteiger partial charge < -0.3 is 10.6 Å². The van der Waals surface area contributed by atoms with Crippen molar-refractivity contribution in [1.82, 2.24) is 0 Å². The predicted octanol–water partition coefficient (Wildman–Crippen LogP) is 4.61. The lowest BCUT2D eigenvalue weighted by atomic mass is 9.80. The summed E-state index contributed by atoms with van der Waals surface area (Å²) < 4.78 is 14.6. The van der Waals surface area contributed by atoms with E-state index in [1.54, 1.807) is 23.1 Å². The number of carbonyl (C=O) groups excluding carboxylic acids is 1. The Morgan fingerprint density at radius 3 is 2.64 bits per heavy atom. The van der Waals surface area contributed by atoms with E-state index < -0.39 is 0 Å². The van der Waals surface area contributed by atoms with Crippen LogP contribution in [0.1, 0.15) is 47.2 Å². The third-order valence-corrected chi connectivity index (χ3v) is 5.57. The highest BCUT2D eigenvalue weighted by Gasteiger charge is 2.48. The molecule has 0 unspecified atom stereocenters. The molecule has 0 saturated heterocycles. The molecule has 2 N–H and O–H groups in total. The van der Waals surface area contributed by atoms with Crippen molar-refractivity contribution in [3.05, 3.63) is 58.9 Å². The van der Waals surface area contributed by atoms with Crippen LogP contribution in [0, 0.1) is 12.7 Å². The SMILES string of the molecule is Cc1ccc(N)cc1C(=O)N1CC2(CCCC2)c2c(F)cccc21.Cl. The summed E-state index contributed by atoms with van der Waals surface area (Å²) in [7, 11) is 0. The fourth-order valence-corrected chi connectivity index (χ4v) is 4.39. The third-order valence-electron chi connectivity index (χ3n) is 5.57. The molecule has 1 heterocycles. The monoisotopic (exact) mass is 360 g/mol. The smallest absolute Gasteiger partial charge is 0.258 e. The quantitative estimate of drug-likeness (QED) is 0.755. The van der Waals surface area contributed by atoms with E-state index in [0.717, 1.165) is 42.5 Å². The number of fused-ring (bicyclic) bond motifs is 2. The van der Waals surface area contributed by atoms with Gasteiger partial charge >= 0.3 is 0 Å². The van der Waals surface area contributed by atoms with Crippen molar-refractivity contribution in [2.75, 3.05) is 17.2 Å². The number of rotatable bonds is 1. The summed E-state index contributed by atoms with van der Waals surface area (Å²) in [6, 6.07) is 10.4. The minimum atomic E-state index is -0.218. The fourth-order valence-electron chi connectivity index (χ4n) is 4.39. The van der Waals surface area contributed by atoms with Gasteiger partial charge in [-0.15, -0.1) is 12.4 Å². The van der Waals surface area contributed by atoms with E-state index in [4.69, 9.17) is 5.73 Å². The molecule has 1 amide bonds. The number of hydrogen-bond donors (Lipinski definition) is 1. The molecule has 5 heteroatoms. The zero-order valence-corrected chi connectivity index (χ0v) is 15.0. The molecule has 1 aliphatic carbocycles. The highest BCUT2D eigenvalue weighted by molar-refractivity contribution is 6.09. The lowest BCUT2D eigenvalue weighted by Crippen LogP contribution is -2.36. The number of anilines is 2. The Balaban J connectivity index is 0.00000182. The molecule has 0 radical (unpaired) electrons. The van der Waals surface area contributed by atoms with Crippen LogP contribution in [0.15, 0.2) is 36.4 Å². The maximum Gasteiger partial charge on any atom is 0.258 e. The Hall–Kier alpha value is -2.07. The molecule has 0 bridgehead atoms. The molecule has 2 aromatic carbocycles. The van der Waals surface area contributed by atoms with Gasteiger partial charge in [-0.05, 0) is 49.6 Å². The summed E-state index contributed by atoms with van der Waals surface area (Å²) in [5.74, 6) is -0.274. The van der Waals surface area contributed by atoms with Crippen LogP contribution in [-0.2, 0) is 5.41 Å². The van der Waals surface area contributed by atoms with Crippen LogP contribution < -0.4 is 10.6 Å². The number of nitrogens with two attached hydrogens (primary N) is 1. The molecule has 25 heavy (non-hydrogen) atoms. The number of carbonyl (C=O) groups is 1. The molecule has 2 aliphatic rings. The van der Waals surface area contributed by atoms with E-state index in [1.165, 1.54) is 6.07 Å². The van der Waals surface area contributed by atoms with E-state index in [1.807, 2.05) is 19.1 Å². The molecule has 132 valence electrons. The highest BCUT2D eigenvalue weighted by Crippen LogP contribution is 2.51. The van der Waals surface area contributed by atoms with Crippen LogP contribution in [-0.4, -0.2) is 12.5 Å². The Kier molecular flexibility index (Phi) is 4.50. The summed E-state index contributed by atoms with van der Waals surface area (Å²) in [6.45, 7) is 2.47. The van der Waals surface area contributed by atoms with Crippen LogP contribution in [0.2, 0.25) is 0 Å². The van der Waals surface area contributed by atoms with Gasteiger partial charge in [0.1, 0.15) is 5.82 Å². The Morgan fingerprint density at radius 2 is 1.92 bits per heavy atom. The molecule has 1 fully saturated rings. The first-order valence-electron chi connectivity index (χ1n) is 8.49. The van der Waals surface area contributed by atoms with E-state index in [2.05, 4.69) is 0 Å². The first-order chi connectivity index (χ1) is 11.5. The highest BCUT2D eigenvalue weighted by atomic mass is 35.5. The number of amides is 1. The number of benzene rings is 2. The number of aryl methyl sites for hydroxylation is 1. The molecule has 1 aliphatic heterocycles. The van der Waals surface area contributed by atoms with Gasteiger partial charge in [0.05, 0.1) is 5.69 Å². The first-order valence-corrected chi connectivity index (χ1v) is 8.49. The van der Waals surface area contributed by atoms with Gasteiger partial charge in [0.25, 0.3) is 5.91 Å². The van der Waals surface area contributed by atoms with Gasteiger partial charge in [0.15, 0.2) is 0 Å². The van der Waals surface area contributed by atoms with E-state index in [-0.39, 0.29) is 29.5 Å². The van der Waals surface area contributed by atoms with Gasteiger partial charge in [0, 0.05) is 28.8 Å². The topological polar surface area (TPSA) is 46.3 Å². The summed E-state index contributed by atoms with van der Waals surface area (Å²) in [5.41, 5.74) is 9.16. The van der Waals surface area contributed by atoms with Crippen molar-refractivity contribution in [2.45, 2.75) is 38.0 Å². The third kappa shape index (κ3) is 2.69. The molecule has 4 rings (SSSR count). The van der Waals surface area contributed by atoms with Crippen LogP contribution in [0.5, 0.6) is 0 Å². The number of nitrogens with zero attached hydrogens (tertiary/aromatic N) is 1. The Morgan fingerprint density at radius 1 is 1.20 bits per heavy atom. The molecule has 1 spiro atoms. The number of nitrogen functional groups attached to an aromatic ring is 1. The lowest BCUT2D eigenvalue weighted by Gasteiger charge is -2.25. The molecule has 2 aromatic rings. The van der Waals surface area contributed by atoms with Gasteiger partial charge in [-0.3, -0.25) is 4.79 Å². The summed E-state index contributed by atoms with van der Waals surface area (Å²) >= 11 is 0. The summed E-state index contributed by atoms with van der Waals surface area (Å²) in [5, 5.41) is 0. The standard InChI is InChI=1S/C20H21FN2O.ClH/c1-13-7-8-14(22)11-15(13)19(24)23-12-20(9-2-3-10-20)18-16(21)5-4-6-17(18)23;/h4-8,11H,2-3,9-10,12,22H2,1H3;1H. The van der Waals surface area contributed by atoms with E-state index >= 15 is 0 Å². The van der Waals surface area contributed by atoms with E-state index in [0.29, 0.717) is 17.8 Å². The predicted molar refractivity (Wildman–Crippen MR) is 101 cm³/mol. The second kappa shape index (κ2) is 6.34. The summed E-state index contributed by atoms with van der Waals surface area (Å²) in [4.78, 5) is 14.9. The average Bonchev–Trinajstić information content (AvgIpc) is 3.16. The van der Waals surface area contributed by atoms with Crippen LogP contribution >= 0.6 is 12.4 Å².